The van der Waals surface area contributed by atoms with E-state index in [2.05, 4.69) is 104 Å². The lowest BCUT2D eigenvalue weighted by Gasteiger charge is -2.21. The number of hydrogen-bond donors (Lipinski definition) is 1. The average molecular weight is 379 g/mol. The molecule has 2 aromatic carbocycles. The van der Waals surface area contributed by atoms with Gasteiger partial charge >= 0.3 is 0 Å². The Morgan fingerprint density at radius 2 is 1.45 bits per heavy atom. The highest BCUT2D eigenvalue weighted by Gasteiger charge is 2.14. The van der Waals surface area contributed by atoms with Crippen LogP contribution in [-0.4, -0.2) is 0 Å². The number of benzene rings is 2. The first-order chi connectivity index (χ1) is 9.36. The van der Waals surface area contributed by atoms with Crippen molar-refractivity contribution in [1.29, 1.82) is 0 Å². The molecule has 0 heterocycles. The highest BCUT2D eigenvalue weighted by atomic mass is 127. The fourth-order valence-electron chi connectivity index (χ4n) is 2.15. The van der Waals surface area contributed by atoms with Crippen LogP contribution in [0.5, 0.6) is 0 Å². The van der Waals surface area contributed by atoms with Crippen molar-refractivity contribution < 1.29 is 0 Å². The molecule has 1 atom stereocenters. The minimum atomic E-state index is 0.214. The minimum absolute atomic E-state index is 0.214. The van der Waals surface area contributed by atoms with Gasteiger partial charge in [-0.1, -0.05) is 45.0 Å². The van der Waals surface area contributed by atoms with Crippen LogP contribution in [0, 0.1) is 3.57 Å². The van der Waals surface area contributed by atoms with Gasteiger partial charge in [0.1, 0.15) is 0 Å². The van der Waals surface area contributed by atoms with E-state index < -0.39 is 0 Å². The molecule has 1 N–H and O–H groups in total. The van der Waals surface area contributed by atoms with Crippen LogP contribution in [0.15, 0.2) is 48.5 Å². The molecule has 0 aliphatic rings. The van der Waals surface area contributed by atoms with Crippen LogP contribution in [0.2, 0.25) is 0 Å². The van der Waals surface area contributed by atoms with Gasteiger partial charge in [-0.15, -0.1) is 0 Å². The standard InChI is InChI=1S/C18H22IN/c1-13(20-17-11-9-16(19)10-12-17)14-5-7-15(8-6-14)18(2,3)4/h5-13,20H,1-4H3. The molecule has 0 saturated heterocycles. The summed E-state index contributed by atoms with van der Waals surface area (Å²) in [6.07, 6.45) is 0. The molecule has 2 rings (SSSR count). The van der Waals surface area contributed by atoms with Gasteiger partial charge in [-0.25, -0.2) is 0 Å². The largest absolute Gasteiger partial charge is 0.379 e. The smallest absolute Gasteiger partial charge is 0.0485 e. The highest BCUT2D eigenvalue weighted by Crippen LogP contribution is 2.25. The quantitative estimate of drug-likeness (QED) is 0.669. The lowest BCUT2D eigenvalue weighted by molar-refractivity contribution is 0.589. The molecule has 0 aromatic heterocycles. The van der Waals surface area contributed by atoms with Crippen molar-refractivity contribution in [2.24, 2.45) is 0 Å². The zero-order valence-electron chi connectivity index (χ0n) is 12.6. The summed E-state index contributed by atoms with van der Waals surface area (Å²) in [5.41, 5.74) is 4.07. The Bertz CT molecular complexity index is 549. The Hall–Kier alpha value is -1.03. The summed E-state index contributed by atoms with van der Waals surface area (Å²) < 4.78 is 1.26. The minimum Gasteiger partial charge on any atom is -0.379 e. The lowest BCUT2D eigenvalue weighted by atomic mass is 9.86. The van der Waals surface area contributed by atoms with Gasteiger partial charge in [0.15, 0.2) is 0 Å². The van der Waals surface area contributed by atoms with Crippen LogP contribution in [-0.2, 0) is 5.41 Å². The molecule has 0 bridgehead atoms. The van der Waals surface area contributed by atoms with Gasteiger partial charge in [0.05, 0.1) is 0 Å². The van der Waals surface area contributed by atoms with Crippen LogP contribution >= 0.6 is 22.6 Å². The molecule has 1 nitrogen and oxygen atoms in total. The molecule has 1 unspecified atom stereocenters. The first-order valence-electron chi connectivity index (χ1n) is 6.99. The molecule has 0 spiro atoms. The second kappa shape index (κ2) is 6.17. The van der Waals surface area contributed by atoms with Gasteiger partial charge in [0, 0.05) is 15.3 Å². The van der Waals surface area contributed by atoms with Gasteiger partial charge in [-0.05, 0) is 70.3 Å². The molecule has 0 amide bonds. The number of halogens is 1. The summed E-state index contributed by atoms with van der Waals surface area (Å²) in [6.45, 7) is 8.93. The van der Waals surface area contributed by atoms with E-state index in [4.69, 9.17) is 0 Å². The maximum Gasteiger partial charge on any atom is 0.0485 e. The predicted octanol–water partition coefficient (Wildman–Crippen LogP) is 5.76. The monoisotopic (exact) mass is 379 g/mol. The van der Waals surface area contributed by atoms with Crippen LogP contribution in [0.1, 0.15) is 44.9 Å². The maximum atomic E-state index is 3.54. The Balaban J connectivity index is 2.09. The predicted molar refractivity (Wildman–Crippen MR) is 96.3 cm³/mol. The van der Waals surface area contributed by atoms with Crippen molar-refractivity contribution >= 4 is 28.3 Å². The van der Waals surface area contributed by atoms with Gasteiger partial charge in [-0.3, -0.25) is 0 Å². The normalized spacial score (nSPS) is 13.1. The number of nitrogens with one attached hydrogen (secondary N) is 1. The van der Waals surface area contributed by atoms with Gasteiger partial charge in [0.2, 0.25) is 0 Å². The maximum absolute atomic E-state index is 3.54. The molecule has 0 radical (unpaired) electrons. The third-order valence-electron chi connectivity index (χ3n) is 3.50. The van der Waals surface area contributed by atoms with Gasteiger partial charge in [0.25, 0.3) is 0 Å². The number of rotatable bonds is 3. The van der Waals surface area contributed by atoms with Gasteiger partial charge < -0.3 is 5.32 Å². The molecule has 0 saturated carbocycles. The Morgan fingerprint density at radius 3 is 1.95 bits per heavy atom. The highest BCUT2D eigenvalue weighted by molar-refractivity contribution is 14.1. The molecule has 2 aromatic rings. The molecular weight excluding hydrogens is 357 g/mol. The van der Waals surface area contributed by atoms with E-state index in [1.807, 2.05) is 0 Å². The van der Waals surface area contributed by atoms with Crippen LogP contribution in [0.4, 0.5) is 5.69 Å². The first kappa shape index (κ1) is 15.4. The fourth-order valence-corrected chi connectivity index (χ4v) is 2.51. The number of anilines is 1. The van der Waals surface area contributed by atoms with Crippen LogP contribution < -0.4 is 5.32 Å². The second-order valence-corrected chi connectivity index (χ2v) is 7.49. The molecule has 106 valence electrons. The van der Waals surface area contributed by atoms with E-state index in [0.717, 1.165) is 5.69 Å². The van der Waals surface area contributed by atoms with Crippen molar-refractivity contribution in [3.63, 3.8) is 0 Å². The van der Waals surface area contributed by atoms with E-state index >= 15 is 0 Å². The summed E-state index contributed by atoms with van der Waals surface area (Å²) >= 11 is 2.32. The van der Waals surface area contributed by atoms with E-state index in [9.17, 15) is 0 Å². The van der Waals surface area contributed by atoms with E-state index in [1.165, 1.54) is 14.7 Å². The average Bonchev–Trinajstić information content (AvgIpc) is 2.40. The molecule has 0 fully saturated rings. The Kier molecular flexibility index (Phi) is 4.74. The third kappa shape index (κ3) is 3.98. The molecule has 0 aliphatic carbocycles. The summed E-state index contributed by atoms with van der Waals surface area (Å²) in [6, 6.07) is 17.7. The van der Waals surface area contributed by atoms with E-state index in [0.29, 0.717) is 6.04 Å². The van der Waals surface area contributed by atoms with E-state index in [-0.39, 0.29) is 5.41 Å². The Morgan fingerprint density at radius 1 is 0.900 bits per heavy atom. The first-order valence-corrected chi connectivity index (χ1v) is 8.07. The van der Waals surface area contributed by atoms with Crippen molar-refractivity contribution in [3.05, 3.63) is 63.2 Å². The summed E-state index contributed by atoms with van der Waals surface area (Å²) in [4.78, 5) is 0. The summed E-state index contributed by atoms with van der Waals surface area (Å²) in [7, 11) is 0. The van der Waals surface area contributed by atoms with Crippen molar-refractivity contribution in [2.45, 2.75) is 39.2 Å². The van der Waals surface area contributed by atoms with Crippen molar-refractivity contribution in [2.75, 3.05) is 5.32 Å². The van der Waals surface area contributed by atoms with E-state index in [1.54, 1.807) is 0 Å². The summed E-state index contributed by atoms with van der Waals surface area (Å²) in [5.74, 6) is 0. The van der Waals surface area contributed by atoms with Crippen molar-refractivity contribution in [1.82, 2.24) is 0 Å². The second-order valence-electron chi connectivity index (χ2n) is 6.24. The van der Waals surface area contributed by atoms with Gasteiger partial charge in [-0.2, -0.15) is 0 Å². The van der Waals surface area contributed by atoms with Crippen molar-refractivity contribution in [3.8, 4) is 0 Å². The lowest BCUT2D eigenvalue weighted by Crippen LogP contribution is -2.12. The zero-order chi connectivity index (χ0) is 14.8. The topological polar surface area (TPSA) is 12.0 Å². The van der Waals surface area contributed by atoms with Crippen LogP contribution in [0.3, 0.4) is 0 Å². The molecule has 2 heteroatoms. The molecule has 20 heavy (non-hydrogen) atoms. The number of hydrogen-bond acceptors (Lipinski definition) is 1. The molecular formula is C18H22IN. The summed E-state index contributed by atoms with van der Waals surface area (Å²) in [5, 5.41) is 3.54. The molecule has 0 aliphatic heterocycles. The van der Waals surface area contributed by atoms with Crippen LogP contribution in [0.25, 0.3) is 0 Å². The zero-order valence-corrected chi connectivity index (χ0v) is 14.7. The third-order valence-corrected chi connectivity index (χ3v) is 4.22. The SMILES string of the molecule is CC(Nc1ccc(I)cc1)c1ccc(C(C)(C)C)cc1. The Labute approximate surface area is 135 Å². The fraction of sp³-hybridized carbons (Fsp3) is 0.333.